The Hall–Kier alpha value is -2.08. The van der Waals surface area contributed by atoms with Crippen LogP contribution in [-0.4, -0.2) is 30.0 Å². The molecule has 0 bridgehead atoms. The number of carbonyl (C=O) groups is 3. The van der Waals surface area contributed by atoms with E-state index in [-0.39, 0.29) is 23.4 Å². The van der Waals surface area contributed by atoms with E-state index in [9.17, 15) is 14.4 Å². The predicted octanol–water partition coefficient (Wildman–Crippen LogP) is 1.57. The van der Waals surface area contributed by atoms with Crippen LogP contribution in [0.2, 0.25) is 5.02 Å². The molecule has 1 heterocycles. The fourth-order valence-corrected chi connectivity index (χ4v) is 1.83. The van der Waals surface area contributed by atoms with Crippen molar-refractivity contribution in [3.63, 3.8) is 0 Å². The maximum Gasteiger partial charge on any atom is 0.365 e. The highest BCUT2D eigenvalue weighted by molar-refractivity contribution is 6.33. The zero-order valence-electron chi connectivity index (χ0n) is 10.0. The smallest absolute Gasteiger partial charge is 0.365 e. The monoisotopic (exact) mass is 283 g/mol. The van der Waals surface area contributed by atoms with Crippen LogP contribution in [0.3, 0.4) is 0 Å². The fraction of sp³-hybridized carbons (Fsp3) is 0.250. The van der Waals surface area contributed by atoms with Crippen LogP contribution in [0.5, 0.6) is 5.75 Å². The second-order valence-corrected chi connectivity index (χ2v) is 4.21. The van der Waals surface area contributed by atoms with E-state index < -0.39 is 17.8 Å². The molecule has 0 aromatic heterocycles. The van der Waals surface area contributed by atoms with E-state index in [1.54, 1.807) is 0 Å². The van der Waals surface area contributed by atoms with Crippen molar-refractivity contribution >= 4 is 29.4 Å². The van der Waals surface area contributed by atoms with Crippen LogP contribution in [0.25, 0.3) is 0 Å². The number of carbonyl (C=O) groups excluding carboxylic acids is 3. The lowest BCUT2D eigenvalue weighted by molar-refractivity contribution is -0.172. The Morgan fingerprint density at radius 2 is 1.89 bits per heavy atom. The van der Waals surface area contributed by atoms with Gasteiger partial charge in [0.1, 0.15) is 5.75 Å². The van der Waals surface area contributed by atoms with Crippen molar-refractivity contribution in [3.8, 4) is 5.75 Å². The average molecular weight is 284 g/mol. The van der Waals surface area contributed by atoms with Crippen molar-refractivity contribution in [2.45, 2.75) is 12.8 Å². The molecule has 6 nitrogen and oxygen atoms in total. The molecule has 19 heavy (non-hydrogen) atoms. The van der Waals surface area contributed by atoms with Gasteiger partial charge in [-0.25, -0.2) is 4.79 Å². The molecule has 0 spiro atoms. The molecule has 0 atom stereocenters. The van der Waals surface area contributed by atoms with E-state index in [2.05, 4.69) is 0 Å². The molecule has 0 radical (unpaired) electrons. The first-order valence-electron chi connectivity index (χ1n) is 5.44. The first-order chi connectivity index (χ1) is 9.02. The summed E-state index contributed by atoms with van der Waals surface area (Å²) < 4.78 is 4.94. The highest BCUT2D eigenvalue weighted by Gasteiger charge is 2.33. The summed E-state index contributed by atoms with van der Waals surface area (Å²) in [4.78, 5) is 39.2. The van der Waals surface area contributed by atoms with Gasteiger partial charge in [0.15, 0.2) is 0 Å². The van der Waals surface area contributed by atoms with Crippen molar-refractivity contribution in [1.29, 1.82) is 0 Å². The van der Waals surface area contributed by atoms with Crippen molar-refractivity contribution < 1.29 is 24.0 Å². The minimum Gasteiger partial charge on any atom is -0.497 e. The molecule has 1 aromatic carbocycles. The van der Waals surface area contributed by atoms with Gasteiger partial charge in [0.2, 0.25) is 0 Å². The number of hydroxylamine groups is 2. The van der Waals surface area contributed by atoms with Gasteiger partial charge in [-0.3, -0.25) is 9.59 Å². The van der Waals surface area contributed by atoms with Gasteiger partial charge in [-0.1, -0.05) is 11.6 Å². The summed E-state index contributed by atoms with van der Waals surface area (Å²) in [5.74, 6) is -1.46. The van der Waals surface area contributed by atoms with Crippen LogP contribution in [0.4, 0.5) is 0 Å². The van der Waals surface area contributed by atoms with Crippen LogP contribution in [0.15, 0.2) is 18.2 Å². The van der Waals surface area contributed by atoms with Gasteiger partial charge >= 0.3 is 5.97 Å². The average Bonchev–Trinajstić information content (AvgIpc) is 2.70. The maximum atomic E-state index is 11.8. The second-order valence-electron chi connectivity index (χ2n) is 3.81. The van der Waals surface area contributed by atoms with Crippen LogP contribution in [0, 0.1) is 0 Å². The normalized spacial score (nSPS) is 14.7. The molecule has 2 amide bonds. The standard InChI is InChI=1S/C12H10ClNO5/c1-18-7-2-3-8(9(13)6-7)12(17)19-14-10(15)4-5-11(14)16/h2-3,6H,4-5H2,1H3. The summed E-state index contributed by atoms with van der Waals surface area (Å²) in [5.41, 5.74) is 0.0509. The molecule has 1 aliphatic heterocycles. The molecule has 0 N–H and O–H groups in total. The first-order valence-corrected chi connectivity index (χ1v) is 5.82. The molecule has 2 rings (SSSR count). The zero-order chi connectivity index (χ0) is 14.0. The predicted molar refractivity (Wildman–Crippen MR) is 64.5 cm³/mol. The number of ether oxygens (including phenoxy) is 1. The molecule has 100 valence electrons. The Labute approximate surface area is 113 Å². The Morgan fingerprint density at radius 1 is 1.26 bits per heavy atom. The van der Waals surface area contributed by atoms with E-state index in [1.165, 1.54) is 25.3 Å². The van der Waals surface area contributed by atoms with Gasteiger partial charge in [-0.2, -0.15) is 0 Å². The molecule has 0 saturated carbocycles. The molecule has 7 heteroatoms. The number of imide groups is 1. The van der Waals surface area contributed by atoms with Crippen molar-refractivity contribution in [2.75, 3.05) is 7.11 Å². The molecular formula is C12H10ClNO5. The number of rotatable bonds is 3. The van der Waals surface area contributed by atoms with E-state index in [1.807, 2.05) is 0 Å². The van der Waals surface area contributed by atoms with Gasteiger partial charge in [-0.15, -0.1) is 5.06 Å². The Balaban J connectivity index is 2.16. The largest absolute Gasteiger partial charge is 0.497 e. The highest BCUT2D eigenvalue weighted by Crippen LogP contribution is 2.24. The molecular weight excluding hydrogens is 274 g/mol. The lowest BCUT2D eigenvalue weighted by Gasteiger charge is -2.13. The Bertz CT molecular complexity index is 541. The minimum absolute atomic E-state index is 0.0441. The van der Waals surface area contributed by atoms with Gasteiger partial charge in [0, 0.05) is 12.8 Å². The molecule has 1 saturated heterocycles. The third-order valence-electron chi connectivity index (χ3n) is 2.58. The third-order valence-corrected chi connectivity index (χ3v) is 2.89. The van der Waals surface area contributed by atoms with E-state index in [4.69, 9.17) is 21.2 Å². The second kappa shape index (κ2) is 5.27. The van der Waals surface area contributed by atoms with Crippen LogP contribution >= 0.6 is 11.6 Å². The minimum atomic E-state index is -0.865. The number of nitrogens with zero attached hydrogens (tertiary/aromatic N) is 1. The fourth-order valence-electron chi connectivity index (χ4n) is 1.58. The molecule has 0 unspecified atom stereocenters. The van der Waals surface area contributed by atoms with Crippen LogP contribution in [-0.2, 0) is 14.4 Å². The lowest BCUT2D eigenvalue weighted by atomic mass is 10.2. The number of benzene rings is 1. The number of methoxy groups -OCH3 is 1. The molecule has 1 aromatic rings. The summed E-state index contributed by atoms with van der Waals surface area (Å²) in [6.07, 6.45) is 0.0882. The number of amides is 2. The highest BCUT2D eigenvalue weighted by atomic mass is 35.5. The Kier molecular flexibility index (Phi) is 3.71. The lowest BCUT2D eigenvalue weighted by Crippen LogP contribution is -2.32. The van der Waals surface area contributed by atoms with E-state index >= 15 is 0 Å². The summed E-state index contributed by atoms with van der Waals surface area (Å²) >= 11 is 5.89. The molecule has 1 fully saturated rings. The van der Waals surface area contributed by atoms with Crippen LogP contribution in [0.1, 0.15) is 23.2 Å². The first kappa shape index (κ1) is 13.4. The van der Waals surface area contributed by atoms with Gasteiger partial charge < -0.3 is 9.57 Å². The third kappa shape index (κ3) is 2.68. The molecule has 1 aliphatic rings. The van der Waals surface area contributed by atoms with Gasteiger partial charge in [0.25, 0.3) is 11.8 Å². The molecule has 0 aliphatic carbocycles. The summed E-state index contributed by atoms with van der Waals surface area (Å²) in [6.45, 7) is 0. The summed E-state index contributed by atoms with van der Waals surface area (Å²) in [6, 6.07) is 4.36. The maximum absolute atomic E-state index is 11.8. The Morgan fingerprint density at radius 3 is 2.42 bits per heavy atom. The SMILES string of the molecule is COc1ccc(C(=O)ON2C(=O)CCC2=O)c(Cl)c1. The van der Waals surface area contributed by atoms with E-state index in [0.29, 0.717) is 10.8 Å². The number of halogens is 1. The van der Waals surface area contributed by atoms with Crippen LogP contribution < -0.4 is 4.74 Å². The van der Waals surface area contributed by atoms with Gasteiger partial charge in [-0.05, 0) is 18.2 Å². The van der Waals surface area contributed by atoms with Gasteiger partial charge in [0.05, 0.1) is 17.7 Å². The van der Waals surface area contributed by atoms with Crippen molar-refractivity contribution in [1.82, 2.24) is 5.06 Å². The van der Waals surface area contributed by atoms with Crippen molar-refractivity contribution in [3.05, 3.63) is 28.8 Å². The topological polar surface area (TPSA) is 72.9 Å². The number of hydrogen-bond donors (Lipinski definition) is 0. The summed E-state index contributed by atoms with van der Waals surface area (Å²) in [5, 5.41) is 0.589. The quantitative estimate of drug-likeness (QED) is 0.787. The number of hydrogen-bond acceptors (Lipinski definition) is 5. The zero-order valence-corrected chi connectivity index (χ0v) is 10.8. The summed E-state index contributed by atoms with van der Waals surface area (Å²) in [7, 11) is 1.46. The van der Waals surface area contributed by atoms with Crippen molar-refractivity contribution in [2.24, 2.45) is 0 Å². The van der Waals surface area contributed by atoms with E-state index in [0.717, 1.165) is 0 Å².